The van der Waals surface area contributed by atoms with Crippen LogP contribution in [0.3, 0.4) is 0 Å². The molecular formula is C25H33ClN2O3. The van der Waals surface area contributed by atoms with Crippen LogP contribution in [0.25, 0.3) is 0 Å². The molecular weight excluding hydrogens is 412 g/mol. The lowest BCUT2D eigenvalue weighted by molar-refractivity contribution is -0.140. The molecule has 0 radical (unpaired) electrons. The Bertz CT molecular complexity index is 852. The Morgan fingerprint density at radius 1 is 1.10 bits per heavy atom. The molecule has 1 N–H and O–H groups in total. The molecule has 2 aromatic carbocycles. The highest BCUT2D eigenvalue weighted by Gasteiger charge is 2.25. The molecule has 0 saturated carbocycles. The van der Waals surface area contributed by atoms with Crippen LogP contribution >= 0.6 is 11.6 Å². The molecule has 1 atom stereocenters. The van der Waals surface area contributed by atoms with Crippen LogP contribution in [0.2, 0.25) is 5.02 Å². The molecule has 2 rings (SSSR count). The van der Waals surface area contributed by atoms with Gasteiger partial charge in [0.25, 0.3) is 0 Å². The Hall–Kier alpha value is -2.53. The van der Waals surface area contributed by atoms with E-state index in [1.54, 1.807) is 36.1 Å². The third-order valence-corrected chi connectivity index (χ3v) is 5.16. The molecule has 168 valence electrons. The lowest BCUT2D eigenvalue weighted by Crippen LogP contribution is -2.48. The zero-order valence-electron chi connectivity index (χ0n) is 18.9. The molecule has 31 heavy (non-hydrogen) atoms. The standard InChI is InChI=1S/C25H33ClN2O3/c1-18(2)16-27-25(30)20(4)28(17-21-8-5-7-19(3)15-21)24(29)9-6-14-31-23-12-10-22(26)11-13-23/h5,7-8,10-13,15,18,20H,6,9,14,16-17H2,1-4H3,(H,27,30)/t20-/m0/s1. The molecule has 6 heteroatoms. The SMILES string of the molecule is Cc1cccc(CN(C(=O)CCCOc2ccc(Cl)cc2)[C@@H](C)C(=O)NCC(C)C)c1. The van der Waals surface area contributed by atoms with Gasteiger partial charge in [0.1, 0.15) is 11.8 Å². The van der Waals surface area contributed by atoms with E-state index in [9.17, 15) is 9.59 Å². The molecule has 0 aliphatic heterocycles. The summed E-state index contributed by atoms with van der Waals surface area (Å²) >= 11 is 5.88. The van der Waals surface area contributed by atoms with E-state index >= 15 is 0 Å². The molecule has 0 fully saturated rings. The summed E-state index contributed by atoms with van der Waals surface area (Å²) < 4.78 is 5.69. The first-order chi connectivity index (χ1) is 14.8. The minimum Gasteiger partial charge on any atom is -0.494 e. The third kappa shape index (κ3) is 8.62. The normalized spacial score (nSPS) is 11.8. The van der Waals surface area contributed by atoms with Crippen molar-refractivity contribution in [2.45, 2.75) is 53.1 Å². The molecule has 5 nitrogen and oxygen atoms in total. The summed E-state index contributed by atoms with van der Waals surface area (Å²) in [7, 11) is 0. The number of ether oxygens (including phenoxy) is 1. The van der Waals surface area contributed by atoms with Gasteiger partial charge in [0, 0.05) is 24.5 Å². The molecule has 0 bridgehead atoms. The first-order valence-corrected chi connectivity index (χ1v) is 11.1. The van der Waals surface area contributed by atoms with Gasteiger partial charge in [0.2, 0.25) is 11.8 Å². The van der Waals surface area contributed by atoms with Gasteiger partial charge >= 0.3 is 0 Å². The van der Waals surface area contributed by atoms with E-state index in [4.69, 9.17) is 16.3 Å². The molecule has 0 aliphatic rings. The van der Waals surface area contributed by atoms with Gasteiger partial charge in [0.15, 0.2) is 0 Å². The number of hydrogen-bond donors (Lipinski definition) is 1. The van der Waals surface area contributed by atoms with E-state index < -0.39 is 6.04 Å². The zero-order chi connectivity index (χ0) is 22.8. The van der Waals surface area contributed by atoms with Crippen molar-refractivity contribution >= 4 is 23.4 Å². The highest BCUT2D eigenvalue weighted by atomic mass is 35.5. The van der Waals surface area contributed by atoms with Crippen molar-refractivity contribution < 1.29 is 14.3 Å². The van der Waals surface area contributed by atoms with Crippen molar-refractivity contribution in [3.8, 4) is 5.75 Å². The van der Waals surface area contributed by atoms with Gasteiger partial charge in [-0.15, -0.1) is 0 Å². The van der Waals surface area contributed by atoms with Gasteiger partial charge in [-0.3, -0.25) is 9.59 Å². The topological polar surface area (TPSA) is 58.6 Å². The van der Waals surface area contributed by atoms with Gasteiger partial charge < -0.3 is 15.0 Å². The Balaban J connectivity index is 1.98. The molecule has 0 unspecified atom stereocenters. The molecule has 0 spiro atoms. The number of rotatable bonds is 11. The van der Waals surface area contributed by atoms with E-state index in [0.29, 0.717) is 43.5 Å². The van der Waals surface area contributed by atoms with Gasteiger partial charge in [-0.1, -0.05) is 55.3 Å². The van der Waals surface area contributed by atoms with Crippen LogP contribution in [0.1, 0.15) is 44.7 Å². The maximum absolute atomic E-state index is 13.0. The molecule has 2 amide bonds. The molecule has 2 aromatic rings. The Labute approximate surface area is 190 Å². The average Bonchev–Trinajstić information content (AvgIpc) is 2.74. The van der Waals surface area contributed by atoms with Crippen LogP contribution in [0.4, 0.5) is 0 Å². The van der Waals surface area contributed by atoms with Crippen molar-refractivity contribution in [2.24, 2.45) is 5.92 Å². The van der Waals surface area contributed by atoms with Gasteiger partial charge in [0.05, 0.1) is 6.61 Å². The van der Waals surface area contributed by atoms with Crippen LogP contribution in [-0.2, 0) is 16.1 Å². The maximum atomic E-state index is 13.0. The minimum absolute atomic E-state index is 0.0617. The summed E-state index contributed by atoms with van der Waals surface area (Å²) in [6.07, 6.45) is 0.868. The summed E-state index contributed by atoms with van der Waals surface area (Å²) in [5.41, 5.74) is 2.13. The fraction of sp³-hybridized carbons (Fsp3) is 0.440. The number of nitrogens with one attached hydrogen (secondary N) is 1. The number of aryl methyl sites for hydroxylation is 1. The number of halogens is 1. The summed E-state index contributed by atoms with van der Waals surface area (Å²) in [5, 5.41) is 3.59. The van der Waals surface area contributed by atoms with E-state index in [1.165, 1.54) is 0 Å². The van der Waals surface area contributed by atoms with Crippen molar-refractivity contribution in [1.82, 2.24) is 10.2 Å². The number of carbonyl (C=O) groups excluding carboxylic acids is 2. The molecule has 0 heterocycles. The highest BCUT2D eigenvalue weighted by Crippen LogP contribution is 2.17. The summed E-state index contributed by atoms with van der Waals surface area (Å²) in [6.45, 7) is 9.29. The Morgan fingerprint density at radius 2 is 1.81 bits per heavy atom. The fourth-order valence-corrected chi connectivity index (χ4v) is 3.26. The average molecular weight is 445 g/mol. The summed E-state index contributed by atoms with van der Waals surface area (Å²) in [6, 6.07) is 14.6. The molecule has 0 aromatic heterocycles. The van der Waals surface area contributed by atoms with Crippen LogP contribution in [-0.4, -0.2) is 35.9 Å². The van der Waals surface area contributed by atoms with Crippen LogP contribution in [0.5, 0.6) is 5.75 Å². The van der Waals surface area contributed by atoms with E-state index in [2.05, 4.69) is 5.32 Å². The fourth-order valence-electron chi connectivity index (χ4n) is 3.13. The largest absolute Gasteiger partial charge is 0.494 e. The van der Waals surface area contributed by atoms with E-state index in [-0.39, 0.29) is 11.8 Å². The molecule has 0 aliphatic carbocycles. The van der Waals surface area contributed by atoms with Gasteiger partial charge in [-0.05, 0) is 56.0 Å². The van der Waals surface area contributed by atoms with Crippen molar-refractivity contribution in [3.05, 3.63) is 64.7 Å². The Morgan fingerprint density at radius 3 is 2.45 bits per heavy atom. The number of amides is 2. The molecule has 0 saturated heterocycles. The zero-order valence-corrected chi connectivity index (χ0v) is 19.6. The lowest BCUT2D eigenvalue weighted by atomic mass is 10.1. The van der Waals surface area contributed by atoms with Crippen molar-refractivity contribution in [3.63, 3.8) is 0 Å². The number of nitrogens with zero attached hydrogens (tertiary/aromatic N) is 1. The third-order valence-electron chi connectivity index (χ3n) is 4.90. The van der Waals surface area contributed by atoms with Crippen LogP contribution < -0.4 is 10.1 Å². The van der Waals surface area contributed by atoms with E-state index in [0.717, 1.165) is 16.9 Å². The monoisotopic (exact) mass is 444 g/mol. The predicted octanol–water partition coefficient (Wildman–Crippen LogP) is 5.00. The maximum Gasteiger partial charge on any atom is 0.242 e. The quantitative estimate of drug-likeness (QED) is 0.496. The lowest BCUT2D eigenvalue weighted by Gasteiger charge is -2.29. The van der Waals surface area contributed by atoms with Crippen molar-refractivity contribution in [1.29, 1.82) is 0 Å². The van der Waals surface area contributed by atoms with Gasteiger partial charge in [-0.2, -0.15) is 0 Å². The minimum atomic E-state index is -0.552. The second-order valence-corrected chi connectivity index (χ2v) is 8.67. The number of hydrogen-bond acceptors (Lipinski definition) is 3. The first-order valence-electron chi connectivity index (χ1n) is 10.8. The predicted molar refractivity (Wildman–Crippen MR) is 125 cm³/mol. The smallest absolute Gasteiger partial charge is 0.242 e. The van der Waals surface area contributed by atoms with Crippen LogP contribution in [0, 0.1) is 12.8 Å². The first kappa shape index (κ1) is 24.7. The van der Waals surface area contributed by atoms with Crippen LogP contribution in [0.15, 0.2) is 48.5 Å². The summed E-state index contributed by atoms with van der Waals surface area (Å²) in [5.74, 6) is 0.873. The summed E-state index contributed by atoms with van der Waals surface area (Å²) in [4.78, 5) is 27.4. The number of carbonyl (C=O) groups is 2. The Kier molecular flexibility index (Phi) is 9.86. The highest BCUT2D eigenvalue weighted by molar-refractivity contribution is 6.30. The second-order valence-electron chi connectivity index (χ2n) is 8.23. The van der Waals surface area contributed by atoms with E-state index in [1.807, 2.05) is 45.0 Å². The van der Waals surface area contributed by atoms with Crippen molar-refractivity contribution in [2.75, 3.05) is 13.2 Å². The number of benzene rings is 2. The second kappa shape index (κ2) is 12.4. The van der Waals surface area contributed by atoms with Gasteiger partial charge in [-0.25, -0.2) is 0 Å².